The fraction of sp³-hybridized carbons (Fsp3) is 0.182. The van der Waals surface area contributed by atoms with Gasteiger partial charge in [-0.3, -0.25) is 9.80 Å². The topological polar surface area (TPSA) is 23.6 Å². The predicted octanol–water partition coefficient (Wildman–Crippen LogP) is 2.88. The normalized spacial score (nSPS) is 23.3. The molecule has 84 valence electrons. The lowest BCUT2D eigenvalue weighted by Gasteiger charge is -2.25. The first-order valence-corrected chi connectivity index (χ1v) is 6.57. The summed E-state index contributed by atoms with van der Waals surface area (Å²) in [6.45, 7) is 0. The number of benzene rings is 1. The molecule has 0 unspecified atom stereocenters. The molecule has 1 atom stereocenters. The third-order valence-electron chi connectivity index (χ3n) is 2.47. The summed E-state index contributed by atoms with van der Waals surface area (Å²) in [5.74, 6) is 0.0133. The minimum atomic E-state index is -0.294. The summed E-state index contributed by atoms with van der Waals surface area (Å²) in [5.41, 5.74) is 1.75. The molecule has 0 bridgehead atoms. The quantitative estimate of drug-likeness (QED) is 0.731. The Morgan fingerprint density at radius 2 is 1.94 bits per heavy atom. The number of hydrazine groups is 1. The molecule has 0 spiro atoms. The third kappa shape index (κ3) is 1.78. The van der Waals surface area contributed by atoms with Gasteiger partial charge < -0.3 is 0 Å². The van der Waals surface area contributed by atoms with E-state index < -0.39 is 0 Å². The van der Waals surface area contributed by atoms with Crippen LogP contribution in [0.5, 0.6) is 0 Å². The van der Waals surface area contributed by atoms with Crippen LogP contribution in [0.3, 0.4) is 0 Å². The second-order valence-corrected chi connectivity index (χ2v) is 4.78. The summed E-state index contributed by atoms with van der Waals surface area (Å²) in [4.78, 5) is 13.5. The van der Waals surface area contributed by atoms with E-state index in [1.807, 2.05) is 42.4 Å². The van der Waals surface area contributed by atoms with Gasteiger partial charge in [0.05, 0.1) is 11.4 Å². The summed E-state index contributed by atoms with van der Waals surface area (Å²) in [5, 5.41) is 3.47. The average Bonchev–Trinajstić information content (AvgIpc) is 2.51. The van der Waals surface area contributed by atoms with E-state index in [4.69, 9.17) is 0 Å². The van der Waals surface area contributed by atoms with Gasteiger partial charge in [0.15, 0.2) is 0 Å². The summed E-state index contributed by atoms with van der Waals surface area (Å²) < 4.78 is 0. The second kappa shape index (κ2) is 4.59. The number of alkyl halides is 1. The monoisotopic (exact) mass is 344 g/mol. The van der Waals surface area contributed by atoms with E-state index >= 15 is 0 Å². The molecule has 16 heavy (non-hydrogen) atoms. The summed E-state index contributed by atoms with van der Waals surface area (Å²) in [6.07, 6.45) is 0. The lowest BCUT2D eigenvalue weighted by Crippen LogP contribution is -2.35. The van der Waals surface area contributed by atoms with Crippen LogP contribution in [0.4, 0.5) is 5.69 Å². The van der Waals surface area contributed by atoms with Crippen molar-refractivity contribution in [3.8, 4) is 0 Å². The maximum Gasteiger partial charge on any atom is 0.265 e. The van der Waals surface area contributed by atoms with Gasteiger partial charge in [-0.15, -0.1) is 0 Å². The number of rotatable bonds is 1. The molecule has 0 saturated carbocycles. The van der Waals surface area contributed by atoms with Gasteiger partial charge in [0.25, 0.3) is 5.91 Å². The standard InChI is InChI=1S/C11H10Br2N2O/c1-14-9(7-12)10(13)11(16)15(14)8-5-3-2-4-6-8/h2-7,10H,1H3/b9-7+/t10-/m0/s1. The van der Waals surface area contributed by atoms with Crippen molar-refractivity contribution in [2.24, 2.45) is 0 Å². The fourth-order valence-corrected chi connectivity index (χ4v) is 3.19. The summed E-state index contributed by atoms with van der Waals surface area (Å²) in [7, 11) is 1.86. The molecule has 0 radical (unpaired) electrons. The fourth-order valence-electron chi connectivity index (χ4n) is 1.66. The Morgan fingerprint density at radius 1 is 1.31 bits per heavy atom. The molecule has 1 aromatic carbocycles. The van der Waals surface area contributed by atoms with Gasteiger partial charge in [0.1, 0.15) is 4.83 Å². The molecular weight excluding hydrogens is 336 g/mol. The van der Waals surface area contributed by atoms with Crippen LogP contribution in [0.2, 0.25) is 0 Å². The molecule has 0 aromatic heterocycles. The van der Waals surface area contributed by atoms with Gasteiger partial charge in [-0.25, -0.2) is 5.01 Å². The first kappa shape index (κ1) is 11.7. The van der Waals surface area contributed by atoms with E-state index in [1.54, 1.807) is 9.99 Å². The van der Waals surface area contributed by atoms with Crippen LogP contribution >= 0.6 is 31.9 Å². The number of hydrogen-bond donors (Lipinski definition) is 0. The van der Waals surface area contributed by atoms with Gasteiger partial charge in [0.2, 0.25) is 0 Å². The van der Waals surface area contributed by atoms with Crippen molar-refractivity contribution < 1.29 is 4.79 Å². The highest BCUT2D eigenvalue weighted by Gasteiger charge is 2.39. The Balaban J connectivity index is 2.41. The Morgan fingerprint density at radius 3 is 2.44 bits per heavy atom. The Bertz CT molecular complexity index is 433. The number of amides is 1. The predicted molar refractivity (Wildman–Crippen MR) is 71.4 cm³/mol. The van der Waals surface area contributed by atoms with Crippen molar-refractivity contribution >= 4 is 43.5 Å². The highest BCUT2D eigenvalue weighted by atomic mass is 79.9. The Kier molecular flexibility index (Phi) is 3.35. The molecule has 0 N–H and O–H groups in total. The Labute approximate surface area is 111 Å². The smallest absolute Gasteiger partial charge is 0.265 e. The minimum absolute atomic E-state index is 0.0133. The van der Waals surface area contributed by atoms with Crippen LogP contribution in [-0.2, 0) is 4.79 Å². The molecule has 2 rings (SSSR count). The van der Waals surface area contributed by atoms with Crippen molar-refractivity contribution in [3.05, 3.63) is 41.0 Å². The number of carbonyl (C=O) groups is 1. The SMILES string of the molecule is CN1/C(=C/Br)[C@H](Br)C(=O)N1c1ccccc1. The molecule has 3 nitrogen and oxygen atoms in total. The number of carbonyl (C=O) groups excluding carboxylic acids is 1. The van der Waals surface area contributed by atoms with E-state index in [0.717, 1.165) is 11.4 Å². The van der Waals surface area contributed by atoms with Crippen molar-refractivity contribution in [1.82, 2.24) is 5.01 Å². The van der Waals surface area contributed by atoms with Crippen LogP contribution in [0.1, 0.15) is 0 Å². The maximum absolute atomic E-state index is 12.1. The third-order valence-corrected chi connectivity index (χ3v) is 3.80. The number of halogens is 2. The van der Waals surface area contributed by atoms with Gasteiger partial charge in [0, 0.05) is 12.0 Å². The molecule has 1 aliphatic rings. The highest BCUT2D eigenvalue weighted by Crippen LogP contribution is 2.32. The first-order valence-electron chi connectivity index (χ1n) is 4.74. The van der Waals surface area contributed by atoms with Crippen LogP contribution < -0.4 is 5.01 Å². The summed E-state index contributed by atoms with van der Waals surface area (Å²) >= 11 is 6.65. The molecule has 0 aliphatic carbocycles. The van der Waals surface area contributed by atoms with Crippen molar-refractivity contribution in [3.63, 3.8) is 0 Å². The van der Waals surface area contributed by atoms with Crippen LogP contribution in [0, 0.1) is 0 Å². The van der Waals surface area contributed by atoms with Crippen molar-refractivity contribution in [2.75, 3.05) is 12.1 Å². The van der Waals surface area contributed by atoms with Gasteiger partial charge in [-0.2, -0.15) is 0 Å². The number of nitrogens with zero attached hydrogens (tertiary/aromatic N) is 2. The molecule has 1 amide bonds. The largest absolute Gasteiger partial charge is 0.283 e. The van der Waals surface area contributed by atoms with Crippen LogP contribution in [-0.4, -0.2) is 22.8 Å². The number of hydrogen-bond acceptors (Lipinski definition) is 2. The van der Waals surface area contributed by atoms with Crippen LogP contribution in [0.15, 0.2) is 41.0 Å². The van der Waals surface area contributed by atoms with E-state index in [9.17, 15) is 4.79 Å². The van der Waals surface area contributed by atoms with E-state index in [-0.39, 0.29) is 10.7 Å². The van der Waals surface area contributed by atoms with Gasteiger partial charge >= 0.3 is 0 Å². The van der Waals surface area contributed by atoms with Crippen molar-refractivity contribution in [1.29, 1.82) is 0 Å². The van der Waals surface area contributed by atoms with E-state index in [1.165, 1.54) is 0 Å². The van der Waals surface area contributed by atoms with Gasteiger partial charge in [-0.05, 0) is 12.1 Å². The Hall–Kier alpha value is -0.810. The molecule has 5 heteroatoms. The molecule has 1 fully saturated rings. The summed E-state index contributed by atoms with van der Waals surface area (Å²) in [6, 6.07) is 9.57. The van der Waals surface area contributed by atoms with E-state index in [2.05, 4.69) is 31.9 Å². The second-order valence-electron chi connectivity index (χ2n) is 3.41. The molecule has 1 saturated heterocycles. The minimum Gasteiger partial charge on any atom is -0.283 e. The zero-order valence-electron chi connectivity index (χ0n) is 8.60. The van der Waals surface area contributed by atoms with Gasteiger partial charge in [-0.1, -0.05) is 50.1 Å². The zero-order valence-corrected chi connectivity index (χ0v) is 11.8. The first-order chi connectivity index (χ1) is 7.66. The maximum atomic E-state index is 12.1. The highest BCUT2D eigenvalue weighted by molar-refractivity contribution is 9.11. The van der Waals surface area contributed by atoms with E-state index in [0.29, 0.717) is 0 Å². The molecule has 1 heterocycles. The lowest BCUT2D eigenvalue weighted by atomic mass is 10.3. The van der Waals surface area contributed by atoms with Crippen molar-refractivity contribution in [2.45, 2.75) is 4.83 Å². The molecular formula is C11H10Br2N2O. The molecule has 1 aliphatic heterocycles. The van der Waals surface area contributed by atoms with Crippen LogP contribution in [0.25, 0.3) is 0 Å². The average molecular weight is 346 g/mol. The number of anilines is 1. The molecule has 1 aromatic rings. The zero-order chi connectivity index (χ0) is 11.7. The lowest BCUT2D eigenvalue weighted by molar-refractivity contribution is -0.117. The number of para-hydroxylation sites is 1.